The minimum absolute atomic E-state index is 0.105. The van der Waals surface area contributed by atoms with Crippen LogP contribution in [0.3, 0.4) is 0 Å². The Bertz CT molecular complexity index is 1200. The van der Waals surface area contributed by atoms with Crippen molar-refractivity contribution in [2.75, 3.05) is 16.8 Å². The van der Waals surface area contributed by atoms with Crippen molar-refractivity contribution in [3.63, 3.8) is 0 Å². The Morgan fingerprint density at radius 1 is 1.06 bits per heavy atom. The summed E-state index contributed by atoms with van der Waals surface area (Å²) in [5.74, 6) is -2.14. The summed E-state index contributed by atoms with van der Waals surface area (Å²) in [4.78, 5) is 51.8. The average molecular weight is 530 g/mol. The molecule has 2 aliphatic carbocycles. The summed E-state index contributed by atoms with van der Waals surface area (Å²) in [6, 6.07) is 11.1. The fourth-order valence-electron chi connectivity index (χ4n) is 4.91. The first-order chi connectivity index (χ1) is 15.8. The fraction of sp³-hybridized carbons (Fsp3) is 0.250. The quantitative estimate of drug-likeness (QED) is 0.356. The minimum Gasteiger partial charge on any atom is -0.452 e. The van der Waals surface area contributed by atoms with Gasteiger partial charge in [0.25, 0.3) is 5.91 Å². The van der Waals surface area contributed by atoms with E-state index in [2.05, 4.69) is 21.2 Å². The van der Waals surface area contributed by atoms with Gasteiger partial charge in [0, 0.05) is 10.2 Å². The highest BCUT2D eigenvalue weighted by Crippen LogP contribution is 2.53. The van der Waals surface area contributed by atoms with Gasteiger partial charge in [-0.1, -0.05) is 29.8 Å². The van der Waals surface area contributed by atoms with Crippen LogP contribution in [0.5, 0.6) is 0 Å². The van der Waals surface area contributed by atoms with Crippen LogP contribution in [-0.2, 0) is 19.1 Å². The summed E-state index contributed by atoms with van der Waals surface area (Å²) in [7, 11) is 0. The van der Waals surface area contributed by atoms with Gasteiger partial charge in [-0.25, -0.2) is 9.69 Å². The van der Waals surface area contributed by atoms with Crippen molar-refractivity contribution >= 4 is 62.6 Å². The lowest BCUT2D eigenvalue weighted by Crippen LogP contribution is -2.33. The zero-order valence-corrected chi connectivity index (χ0v) is 19.5. The van der Waals surface area contributed by atoms with E-state index in [4.69, 9.17) is 16.3 Å². The Morgan fingerprint density at radius 3 is 2.42 bits per heavy atom. The van der Waals surface area contributed by atoms with E-state index in [1.165, 1.54) is 17.0 Å². The van der Waals surface area contributed by atoms with Gasteiger partial charge < -0.3 is 10.1 Å². The first kappa shape index (κ1) is 21.9. The van der Waals surface area contributed by atoms with Crippen LogP contribution in [-0.4, -0.2) is 30.3 Å². The zero-order valence-electron chi connectivity index (χ0n) is 17.2. The maximum absolute atomic E-state index is 13.0. The van der Waals surface area contributed by atoms with Crippen molar-refractivity contribution in [3.8, 4) is 0 Å². The van der Waals surface area contributed by atoms with E-state index in [9.17, 15) is 19.2 Å². The molecule has 0 radical (unpaired) electrons. The van der Waals surface area contributed by atoms with E-state index in [1.807, 2.05) is 12.2 Å². The van der Waals surface area contributed by atoms with Crippen LogP contribution in [0, 0.1) is 23.7 Å². The largest absolute Gasteiger partial charge is 0.452 e. The summed E-state index contributed by atoms with van der Waals surface area (Å²) >= 11 is 9.27. The minimum atomic E-state index is -0.734. The number of anilines is 2. The number of hydrogen-bond donors (Lipinski definition) is 1. The molecule has 2 aromatic carbocycles. The number of halogens is 2. The number of nitrogens with one attached hydrogen (secondary N) is 1. The number of carbonyl (C=O) groups excluding carboxylic acids is 4. The van der Waals surface area contributed by atoms with Crippen molar-refractivity contribution in [3.05, 3.63) is 69.7 Å². The predicted octanol–water partition coefficient (Wildman–Crippen LogP) is 4.21. The monoisotopic (exact) mass is 528 g/mol. The third kappa shape index (κ3) is 3.87. The lowest BCUT2D eigenvalue weighted by molar-refractivity contribution is -0.123. The van der Waals surface area contributed by atoms with E-state index in [1.54, 1.807) is 30.3 Å². The second kappa shape index (κ2) is 8.43. The summed E-state index contributed by atoms with van der Waals surface area (Å²) < 4.78 is 5.81. The van der Waals surface area contributed by atoms with Crippen LogP contribution in [0.15, 0.2) is 59.1 Å². The van der Waals surface area contributed by atoms with Gasteiger partial charge in [0.2, 0.25) is 11.8 Å². The maximum Gasteiger partial charge on any atom is 0.338 e. The van der Waals surface area contributed by atoms with E-state index in [0.717, 1.165) is 6.42 Å². The van der Waals surface area contributed by atoms with Crippen molar-refractivity contribution in [1.82, 2.24) is 0 Å². The molecule has 7 nitrogen and oxygen atoms in total. The van der Waals surface area contributed by atoms with Crippen molar-refractivity contribution in [1.29, 1.82) is 0 Å². The molecule has 168 valence electrons. The second-order valence-corrected chi connectivity index (χ2v) is 9.58. The van der Waals surface area contributed by atoms with Crippen LogP contribution < -0.4 is 10.2 Å². The number of amides is 3. The molecule has 1 N–H and O–H groups in total. The molecule has 4 atom stereocenters. The molecule has 0 unspecified atom stereocenters. The van der Waals surface area contributed by atoms with Gasteiger partial charge in [0.05, 0.1) is 28.1 Å². The Kier molecular flexibility index (Phi) is 5.58. The van der Waals surface area contributed by atoms with Gasteiger partial charge >= 0.3 is 5.97 Å². The number of fused-ring (bicyclic) bond motifs is 5. The van der Waals surface area contributed by atoms with Crippen molar-refractivity contribution in [2.45, 2.75) is 6.42 Å². The SMILES string of the molecule is O=C(COC(=O)c1cccc(N2C(=O)[C@@H]3[C@@H](C2=O)[C@H]2C=C[C@H]3C2)c1)Nc1ccc(Br)c(Cl)c1. The molecule has 2 aromatic rings. The number of esters is 1. The second-order valence-electron chi connectivity index (χ2n) is 8.32. The molecule has 9 heteroatoms. The molecule has 0 aromatic heterocycles. The molecule has 3 amide bonds. The van der Waals surface area contributed by atoms with Gasteiger partial charge in [-0.05, 0) is 70.6 Å². The predicted molar refractivity (Wildman–Crippen MR) is 125 cm³/mol. The molecular weight excluding hydrogens is 512 g/mol. The Hall–Kier alpha value is -2.97. The molecule has 1 saturated carbocycles. The molecule has 0 spiro atoms. The molecule has 3 aliphatic rings. The lowest BCUT2D eigenvalue weighted by atomic mass is 9.85. The third-order valence-electron chi connectivity index (χ3n) is 6.35. The van der Waals surface area contributed by atoms with E-state index >= 15 is 0 Å². The van der Waals surface area contributed by atoms with Crippen molar-refractivity contribution in [2.24, 2.45) is 23.7 Å². The maximum atomic E-state index is 13.0. The van der Waals surface area contributed by atoms with Crippen LogP contribution >= 0.6 is 27.5 Å². The third-order valence-corrected chi connectivity index (χ3v) is 7.58. The van der Waals surface area contributed by atoms with Gasteiger partial charge in [0.1, 0.15) is 0 Å². The highest BCUT2D eigenvalue weighted by molar-refractivity contribution is 9.10. The van der Waals surface area contributed by atoms with E-state index in [-0.39, 0.29) is 41.0 Å². The number of nitrogens with zero attached hydrogens (tertiary/aromatic N) is 1. The van der Waals surface area contributed by atoms with Crippen LogP contribution in [0.1, 0.15) is 16.8 Å². The fourth-order valence-corrected chi connectivity index (χ4v) is 5.34. The van der Waals surface area contributed by atoms with Crippen LogP contribution in [0.4, 0.5) is 11.4 Å². The van der Waals surface area contributed by atoms with Gasteiger partial charge in [0.15, 0.2) is 6.61 Å². The van der Waals surface area contributed by atoms with Crippen molar-refractivity contribution < 1.29 is 23.9 Å². The van der Waals surface area contributed by atoms with Crippen LogP contribution in [0.25, 0.3) is 0 Å². The van der Waals surface area contributed by atoms with Gasteiger partial charge in [-0.15, -0.1) is 0 Å². The smallest absolute Gasteiger partial charge is 0.338 e. The molecule has 5 rings (SSSR count). The molecular formula is C24H18BrClN2O5. The van der Waals surface area contributed by atoms with E-state index < -0.39 is 18.5 Å². The number of carbonyl (C=O) groups is 4. The Labute approximate surface area is 202 Å². The highest BCUT2D eigenvalue weighted by atomic mass is 79.9. The Balaban J connectivity index is 1.24. The normalized spacial score (nSPS) is 24.8. The Morgan fingerprint density at radius 2 is 1.76 bits per heavy atom. The topological polar surface area (TPSA) is 92.8 Å². The molecule has 2 bridgehead atoms. The number of hydrogen-bond acceptors (Lipinski definition) is 5. The standard InChI is InChI=1S/C24H18BrClN2O5/c25-17-7-6-15(10-18(17)26)27-19(29)11-33-24(32)14-2-1-3-16(9-14)28-22(30)20-12-4-5-13(8-12)21(20)23(28)31/h1-7,9-10,12-13,20-21H,8,11H2,(H,27,29)/t12-,13-,20-,21-/m0/s1. The number of allylic oxidation sites excluding steroid dienone is 2. The highest BCUT2D eigenvalue weighted by Gasteiger charge is 2.59. The number of ether oxygens (including phenoxy) is 1. The number of imide groups is 1. The zero-order chi connectivity index (χ0) is 23.3. The summed E-state index contributed by atoms with van der Waals surface area (Å²) in [6.45, 7) is -0.502. The van der Waals surface area contributed by atoms with Crippen LogP contribution in [0.2, 0.25) is 5.02 Å². The van der Waals surface area contributed by atoms with E-state index in [0.29, 0.717) is 20.9 Å². The molecule has 2 fully saturated rings. The summed E-state index contributed by atoms with van der Waals surface area (Å²) in [5.41, 5.74) is 0.944. The summed E-state index contributed by atoms with van der Waals surface area (Å²) in [5, 5.41) is 3.03. The first-order valence-electron chi connectivity index (χ1n) is 10.4. The summed E-state index contributed by atoms with van der Waals surface area (Å²) in [6.07, 6.45) is 4.91. The molecule has 33 heavy (non-hydrogen) atoms. The molecule has 1 aliphatic heterocycles. The first-order valence-corrected chi connectivity index (χ1v) is 11.6. The number of rotatable bonds is 5. The molecule has 1 saturated heterocycles. The number of benzene rings is 2. The average Bonchev–Trinajstić information content (AvgIpc) is 3.48. The van der Waals surface area contributed by atoms with Gasteiger partial charge in [-0.3, -0.25) is 14.4 Å². The molecule has 1 heterocycles. The lowest BCUT2D eigenvalue weighted by Gasteiger charge is -2.18. The van der Waals surface area contributed by atoms with Gasteiger partial charge in [-0.2, -0.15) is 0 Å².